The van der Waals surface area contributed by atoms with Crippen LogP contribution in [-0.2, 0) is 10.0 Å². The molecule has 1 amide bonds. The Bertz CT molecular complexity index is 1660. The normalized spacial score (nSPS) is 11.6. The van der Waals surface area contributed by atoms with Gasteiger partial charge in [0.2, 0.25) is 0 Å². The van der Waals surface area contributed by atoms with Gasteiger partial charge in [-0.1, -0.05) is 53.5 Å². The van der Waals surface area contributed by atoms with Crippen LogP contribution in [0.25, 0.3) is 21.7 Å². The van der Waals surface area contributed by atoms with Crippen molar-refractivity contribution in [2.24, 2.45) is 0 Å². The van der Waals surface area contributed by atoms with E-state index >= 15 is 0 Å². The molecule has 0 atom stereocenters. The van der Waals surface area contributed by atoms with Gasteiger partial charge in [-0.2, -0.15) is 0 Å². The first-order chi connectivity index (χ1) is 16.3. The summed E-state index contributed by atoms with van der Waals surface area (Å²) < 4.78 is 33.5. The molecule has 0 saturated carbocycles. The lowest BCUT2D eigenvalue weighted by Crippen LogP contribution is -2.14. The molecule has 9 heteroatoms. The standard InChI is InChI=1S/C25H16Cl2N2O4S/c26-16-6-11-22(21(27)13-16)29-34(31,32)18-9-7-17(8-10-18)28-25(30)24-14-20-19-4-2-1-3-15(19)5-12-23(20)33-24/h1-14,29H,(H,28,30). The maximum absolute atomic E-state index is 12.7. The van der Waals surface area contributed by atoms with Crippen LogP contribution < -0.4 is 10.0 Å². The molecule has 1 heterocycles. The second-order valence-electron chi connectivity index (χ2n) is 7.52. The Morgan fingerprint density at radius 1 is 0.824 bits per heavy atom. The van der Waals surface area contributed by atoms with Crippen molar-refractivity contribution in [2.75, 3.05) is 10.0 Å². The molecule has 6 nitrogen and oxygen atoms in total. The Morgan fingerprint density at radius 3 is 2.35 bits per heavy atom. The molecular weight excluding hydrogens is 495 g/mol. The van der Waals surface area contributed by atoms with Crippen molar-refractivity contribution in [3.63, 3.8) is 0 Å². The van der Waals surface area contributed by atoms with Crippen molar-refractivity contribution in [1.29, 1.82) is 0 Å². The highest BCUT2D eigenvalue weighted by Gasteiger charge is 2.18. The fraction of sp³-hybridized carbons (Fsp3) is 0. The van der Waals surface area contributed by atoms with Crippen molar-refractivity contribution < 1.29 is 17.6 Å². The van der Waals surface area contributed by atoms with E-state index in [0.717, 1.165) is 16.2 Å². The van der Waals surface area contributed by atoms with Gasteiger partial charge in [0.1, 0.15) is 5.58 Å². The van der Waals surface area contributed by atoms with Crippen molar-refractivity contribution >= 4 is 72.2 Å². The predicted octanol–water partition coefficient (Wildman–Crippen LogP) is 6.95. The van der Waals surface area contributed by atoms with E-state index in [1.807, 2.05) is 36.4 Å². The van der Waals surface area contributed by atoms with Gasteiger partial charge in [0.25, 0.3) is 15.9 Å². The maximum Gasteiger partial charge on any atom is 0.291 e. The fourth-order valence-corrected chi connectivity index (χ4v) is 5.18. The molecule has 0 aliphatic heterocycles. The monoisotopic (exact) mass is 510 g/mol. The lowest BCUT2D eigenvalue weighted by molar-refractivity contribution is 0.0998. The van der Waals surface area contributed by atoms with Gasteiger partial charge in [-0.25, -0.2) is 8.42 Å². The van der Waals surface area contributed by atoms with E-state index in [4.69, 9.17) is 27.6 Å². The molecule has 0 fully saturated rings. The van der Waals surface area contributed by atoms with Crippen LogP contribution in [0.2, 0.25) is 10.0 Å². The molecule has 0 spiro atoms. The molecule has 0 radical (unpaired) electrons. The van der Waals surface area contributed by atoms with Crippen LogP contribution in [0.4, 0.5) is 11.4 Å². The van der Waals surface area contributed by atoms with Gasteiger partial charge in [0, 0.05) is 16.1 Å². The Kier molecular flexibility index (Phi) is 5.69. The lowest BCUT2D eigenvalue weighted by atomic mass is 10.1. The molecule has 0 unspecified atom stereocenters. The topological polar surface area (TPSA) is 88.4 Å². The third-order valence-corrected chi connectivity index (χ3v) is 7.18. The summed E-state index contributed by atoms with van der Waals surface area (Å²) in [6.45, 7) is 0. The van der Waals surface area contributed by atoms with Gasteiger partial charge in [-0.3, -0.25) is 9.52 Å². The summed E-state index contributed by atoms with van der Waals surface area (Å²) in [4.78, 5) is 12.8. The Labute approximate surface area is 205 Å². The van der Waals surface area contributed by atoms with E-state index < -0.39 is 15.9 Å². The van der Waals surface area contributed by atoms with Gasteiger partial charge in [-0.05, 0) is 65.4 Å². The Hall–Kier alpha value is -3.52. The minimum Gasteiger partial charge on any atom is -0.451 e. The fourth-order valence-electron chi connectivity index (χ4n) is 3.59. The number of amides is 1. The first kappa shape index (κ1) is 22.3. The van der Waals surface area contributed by atoms with E-state index in [1.54, 1.807) is 6.07 Å². The SMILES string of the molecule is O=C(Nc1ccc(S(=O)(=O)Nc2ccc(Cl)cc2Cl)cc1)c1cc2c(ccc3ccccc32)o1. The number of nitrogens with one attached hydrogen (secondary N) is 2. The zero-order chi connectivity index (χ0) is 23.9. The summed E-state index contributed by atoms with van der Waals surface area (Å²) in [6, 6.07) is 23.5. The molecule has 5 rings (SSSR count). The molecule has 5 aromatic rings. The summed E-state index contributed by atoms with van der Waals surface area (Å²) in [5.41, 5.74) is 1.23. The van der Waals surface area contributed by atoms with Gasteiger partial charge < -0.3 is 9.73 Å². The van der Waals surface area contributed by atoms with Gasteiger partial charge >= 0.3 is 0 Å². The highest BCUT2D eigenvalue weighted by atomic mass is 35.5. The number of furan rings is 1. The van der Waals surface area contributed by atoms with Gasteiger partial charge in [0.15, 0.2) is 5.76 Å². The van der Waals surface area contributed by atoms with E-state index in [2.05, 4.69) is 10.0 Å². The van der Waals surface area contributed by atoms with Crippen molar-refractivity contribution in [3.05, 3.63) is 101 Å². The summed E-state index contributed by atoms with van der Waals surface area (Å²) in [5.74, 6) is -0.288. The number of carbonyl (C=O) groups is 1. The van der Waals surface area contributed by atoms with Crippen molar-refractivity contribution in [1.82, 2.24) is 0 Å². The minimum atomic E-state index is -3.89. The lowest BCUT2D eigenvalue weighted by Gasteiger charge is -2.10. The maximum atomic E-state index is 12.7. The zero-order valence-corrected chi connectivity index (χ0v) is 19.7. The van der Waals surface area contributed by atoms with Gasteiger partial charge in [-0.15, -0.1) is 0 Å². The first-order valence-corrected chi connectivity index (χ1v) is 12.3. The minimum absolute atomic E-state index is 0.00622. The molecule has 0 saturated heterocycles. The average molecular weight is 511 g/mol. The number of hydrogen-bond acceptors (Lipinski definition) is 4. The largest absolute Gasteiger partial charge is 0.451 e. The molecule has 1 aromatic heterocycles. The summed E-state index contributed by atoms with van der Waals surface area (Å²) in [7, 11) is -3.89. The zero-order valence-electron chi connectivity index (χ0n) is 17.4. The summed E-state index contributed by atoms with van der Waals surface area (Å²) >= 11 is 11.9. The van der Waals surface area contributed by atoms with E-state index in [-0.39, 0.29) is 21.4 Å². The summed E-state index contributed by atoms with van der Waals surface area (Å²) in [5, 5.41) is 6.19. The van der Waals surface area contributed by atoms with E-state index in [0.29, 0.717) is 16.3 Å². The number of halogens is 2. The first-order valence-electron chi connectivity index (χ1n) is 10.1. The quantitative estimate of drug-likeness (QED) is 0.267. The second kappa shape index (κ2) is 8.68. The third kappa shape index (κ3) is 4.33. The van der Waals surface area contributed by atoms with Crippen LogP contribution in [0.1, 0.15) is 10.6 Å². The second-order valence-corrected chi connectivity index (χ2v) is 10.0. The smallest absolute Gasteiger partial charge is 0.291 e. The van der Waals surface area contributed by atoms with E-state index in [1.165, 1.54) is 42.5 Å². The molecular formula is C25H16Cl2N2O4S. The van der Waals surface area contributed by atoms with Crippen LogP contribution in [0.5, 0.6) is 0 Å². The number of anilines is 2. The van der Waals surface area contributed by atoms with E-state index in [9.17, 15) is 13.2 Å². The Morgan fingerprint density at radius 2 is 1.59 bits per heavy atom. The molecule has 170 valence electrons. The van der Waals surface area contributed by atoms with Crippen LogP contribution in [-0.4, -0.2) is 14.3 Å². The number of carbonyl (C=O) groups excluding carboxylic acids is 1. The third-order valence-electron chi connectivity index (χ3n) is 5.25. The number of hydrogen-bond donors (Lipinski definition) is 2. The highest BCUT2D eigenvalue weighted by molar-refractivity contribution is 7.92. The molecule has 4 aromatic carbocycles. The van der Waals surface area contributed by atoms with Crippen molar-refractivity contribution in [3.8, 4) is 0 Å². The van der Waals surface area contributed by atoms with Crippen molar-refractivity contribution in [2.45, 2.75) is 4.90 Å². The molecule has 0 aliphatic carbocycles. The van der Waals surface area contributed by atoms with Crippen LogP contribution in [0, 0.1) is 0 Å². The molecule has 34 heavy (non-hydrogen) atoms. The average Bonchev–Trinajstić information content (AvgIpc) is 3.27. The summed E-state index contributed by atoms with van der Waals surface area (Å²) in [6.07, 6.45) is 0. The van der Waals surface area contributed by atoms with Crippen LogP contribution >= 0.6 is 23.2 Å². The van der Waals surface area contributed by atoms with Gasteiger partial charge in [0.05, 0.1) is 15.6 Å². The Balaban J connectivity index is 1.34. The van der Waals surface area contributed by atoms with Crippen LogP contribution in [0.3, 0.4) is 0 Å². The number of benzene rings is 4. The molecule has 0 aliphatic rings. The number of rotatable bonds is 5. The predicted molar refractivity (Wildman–Crippen MR) is 135 cm³/mol. The van der Waals surface area contributed by atoms with Crippen LogP contribution in [0.15, 0.2) is 94.2 Å². The molecule has 0 bridgehead atoms. The number of sulfonamides is 1. The molecule has 2 N–H and O–H groups in total. The highest BCUT2D eigenvalue weighted by Crippen LogP contribution is 2.30. The number of fused-ring (bicyclic) bond motifs is 3.